The Kier molecular flexibility index (Phi) is 7.87. The van der Waals surface area contributed by atoms with Crippen molar-refractivity contribution in [2.75, 3.05) is 14.2 Å². The molecule has 0 unspecified atom stereocenters. The number of carbonyl (C=O) groups is 2. The van der Waals surface area contributed by atoms with Gasteiger partial charge in [-0.15, -0.1) is 0 Å². The minimum absolute atomic E-state index is 0.0635. The third-order valence-corrected chi connectivity index (χ3v) is 7.39. The van der Waals surface area contributed by atoms with Crippen molar-refractivity contribution in [3.8, 4) is 11.5 Å². The van der Waals surface area contributed by atoms with E-state index in [2.05, 4.69) is 0 Å². The molecule has 0 aliphatic carbocycles. The number of benzene rings is 2. The lowest BCUT2D eigenvalue weighted by Gasteiger charge is -2.30. The van der Waals surface area contributed by atoms with Crippen LogP contribution in [-0.2, 0) is 32.9 Å². The average Bonchev–Trinajstić information content (AvgIpc) is 3.39. The second kappa shape index (κ2) is 10.9. The summed E-state index contributed by atoms with van der Waals surface area (Å²) in [6.45, 7) is 2.04. The number of rotatable bonds is 12. The van der Waals surface area contributed by atoms with Gasteiger partial charge in [0.15, 0.2) is 0 Å². The predicted molar refractivity (Wildman–Crippen MR) is 134 cm³/mol. The molecule has 0 radical (unpaired) electrons. The Balaban J connectivity index is 1.80. The van der Waals surface area contributed by atoms with Crippen LogP contribution in [0.1, 0.15) is 32.6 Å². The summed E-state index contributed by atoms with van der Waals surface area (Å²) in [7, 11) is -2.18. The van der Waals surface area contributed by atoms with Crippen molar-refractivity contribution in [2.24, 2.45) is 0 Å². The second-order valence-electron chi connectivity index (χ2n) is 8.53. The molecule has 0 saturated carbocycles. The number of hydrogen-bond acceptors (Lipinski definition) is 9. The van der Waals surface area contributed by atoms with E-state index in [4.69, 9.17) is 27.8 Å². The first-order valence-electron chi connectivity index (χ1n) is 11.9. The molecule has 2 aromatic carbocycles. The lowest BCUT2D eigenvalue weighted by atomic mass is 9.82. The van der Waals surface area contributed by atoms with Crippen molar-refractivity contribution < 1.29 is 41.9 Å². The number of phosphoric acid groups is 1. The van der Waals surface area contributed by atoms with E-state index < -0.39 is 31.1 Å². The van der Waals surface area contributed by atoms with Crippen LogP contribution >= 0.6 is 7.82 Å². The van der Waals surface area contributed by atoms with Crippen LogP contribution in [0.2, 0.25) is 0 Å². The number of unbranched alkanes of at least 4 members (excludes halogenated alkanes) is 2. The third kappa shape index (κ3) is 5.34. The monoisotopic (exact) mass is 528 g/mol. The van der Waals surface area contributed by atoms with Crippen molar-refractivity contribution in [3.63, 3.8) is 0 Å². The molecule has 2 aromatic rings. The van der Waals surface area contributed by atoms with Gasteiger partial charge in [0.2, 0.25) is 5.79 Å². The number of methoxy groups -OCH3 is 2. The number of esters is 2. The second-order valence-corrected chi connectivity index (χ2v) is 9.97. The summed E-state index contributed by atoms with van der Waals surface area (Å²) in [5.74, 6) is -3.36. The molecule has 2 atom stereocenters. The highest BCUT2D eigenvalue weighted by atomic mass is 31.2. The molecule has 37 heavy (non-hydrogen) atoms. The van der Waals surface area contributed by atoms with Crippen LogP contribution in [0.3, 0.4) is 0 Å². The lowest BCUT2D eigenvalue weighted by molar-refractivity contribution is -0.159. The standard InChI is InChI=1S/C27H29O9P/c1-4-5-12-17-26-18-19-27(35-26,23(25(29)32-3)22(26)24(28)31-2)36-37(30,33-20-13-8-6-9-14-20)34-21-15-10-7-11-16-21/h6-11,13-16,18-19H,4-5,12,17H2,1-3H3/t26-,27-/m0/s1. The van der Waals surface area contributed by atoms with Gasteiger partial charge in [-0.3, -0.25) is 0 Å². The highest BCUT2D eigenvalue weighted by Crippen LogP contribution is 2.61. The van der Waals surface area contributed by atoms with Crippen LogP contribution in [0.15, 0.2) is 84.0 Å². The Morgan fingerprint density at radius 1 is 0.811 bits per heavy atom. The van der Waals surface area contributed by atoms with Crippen molar-refractivity contribution in [3.05, 3.63) is 84.0 Å². The number of carbonyl (C=O) groups excluding carboxylic acids is 2. The molecule has 9 nitrogen and oxygen atoms in total. The van der Waals surface area contributed by atoms with Crippen LogP contribution in [0.4, 0.5) is 0 Å². The Morgan fingerprint density at radius 2 is 1.35 bits per heavy atom. The van der Waals surface area contributed by atoms with Crippen LogP contribution in [0.25, 0.3) is 0 Å². The third-order valence-electron chi connectivity index (χ3n) is 6.03. The minimum atomic E-state index is -4.55. The summed E-state index contributed by atoms with van der Waals surface area (Å²) in [6.07, 6.45) is 5.89. The van der Waals surface area contributed by atoms with Crippen molar-refractivity contribution in [2.45, 2.75) is 44.0 Å². The van der Waals surface area contributed by atoms with E-state index >= 15 is 0 Å². The summed E-state index contributed by atoms with van der Waals surface area (Å²) in [6, 6.07) is 16.6. The number of para-hydroxylation sites is 2. The van der Waals surface area contributed by atoms with E-state index in [0.29, 0.717) is 12.8 Å². The average molecular weight is 528 g/mol. The first-order chi connectivity index (χ1) is 17.8. The zero-order valence-corrected chi connectivity index (χ0v) is 21.8. The van der Waals surface area contributed by atoms with Crippen molar-refractivity contribution >= 4 is 19.8 Å². The summed E-state index contributed by atoms with van der Waals surface area (Å²) < 4.78 is 48.0. The number of hydrogen-bond donors (Lipinski definition) is 0. The highest BCUT2D eigenvalue weighted by Gasteiger charge is 2.66. The van der Waals surface area contributed by atoms with E-state index in [-0.39, 0.29) is 22.6 Å². The topological polar surface area (TPSA) is 107 Å². The first kappa shape index (κ1) is 26.7. The molecule has 2 aliphatic heterocycles. The maximum atomic E-state index is 14.2. The quantitative estimate of drug-likeness (QED) is 0.152. The molecule has 2 bridgehead atoms. The van der Waals surface area contributed by atoms with E-state index in [0.717, 1.165) is 20.0 Å². The van der Waals surface area contributed by atoms with E-state index in [1.807, 2.05) is 6.92 Å². The summed E-state index contributed by atoms with van der Waals surface area (Å²) >= 11 is 0. The molecule has 0 aromatic heterocycles. The molecule has 2 aliphatic rings. The van der Waals surface area contributed by atoms with Gasteiger partial charge in [-0.1, -0.05) is 56.2 Å². The normalized spacial score (nSPS) is 22.1. The van der Waals surface area contributed by atoms with E-state index in [1.165, 1.54) is 13.2 Å². The predicted octanol–water partition coefficient (Wildman–Crippen LogP) is 5.53. The van der Waals surface area contributed by atoms with Gasteiger partial charge >= 0.3 is 19.8 Å². The zero-order valence-electron chi connectivity index (χ0n) is 20.9. The van der Waals surface area contributed by atoms with Gasteiger partial charge in [0.25, 0.3) is 0 Å². The Hall–Kier alpha value is -3.39. The number of ether oxygens (including phenoxy) is 3. The zero-order chi connectivity index (χ0) is 26.5. The van der Waals surface area contributed by atoms with Crippen LogP contribution in [0.5, 0.6) is 11.5 Å². The maximum absolute atomic E-state index is 14.2. The van der Waals surface area contributed by atoms with Gasteiger partial charge in [0.1, 0.15) is 22.7 Å². The molecule has 0 amide bonds. The molecule has 10 heteroatoms. The van der Waals surface area contributed by atoms with E-state index in [1.54, 1.807) is 66.7 Å². The van der Waals surface area contributed by atoms with Crippen LogP contribution < -0.4 is 9.05 Å². The Bertz CT molecular complexity index is 1200. The summed E-state index contributed by atoms with van der Waals surface area (Å²) in [5.41, 5.74) is -1.67. The largest absolute Gasteiger partial charge is 0.590 e. The highest BCUT2D eigenvalue weighted by molar-refractivity contribution is 7.49. The van der Waals surface area contributed by atoms with Gasteiger partial charge in [-0.25, -0.2) is 18.7 Å². The van der Waals surface area contributed by atoms with E-state index in [9.17, 15) is 14.2 Å². The van der Waals surface area contributed by atoms with Crippen molar-refractivity contribution in [1.29, 1.82) is 0 Å². The molecule has 196 valence electrons. The summed E-state index contributed by atoms with van der Waals surface area (Å²) in [5, 5.41) is 0. The molecular formula is C27H29O9P. The Morgan fingerprint density at radius 3 is 1.86 bits per heavy atom. The van der Waals surface area contributed by atoms with Gasteiger partial charge in [-0.05, 0) is 49.3 Å². The molecule has 4 rings (SSSR count). The molecular weight excluding hydrogens is 499 g/mol. The van der Waals surface area contributed by atoms with Crippen molar-refractivity contribution in [1.82, 2.24) is 0 Å². The van der Waals surface area contributed by atoms with Gasteiger partial charge in [0, 0.05) is 0 Å². The number of phosphoric ester groups is 1. The molecule has 0 saturated heterocycles. The molecule has 0 spiro atoms. The van der Waals surface area contributed by atoms with Gasteiger partial charge in [-0.2, -0.15) is 0 Å². The number of fused-ring (bicyclic) bond motifs is 2. The SMILES string of the molecule is CCCCC[C@@]12C=C[C@@](OP(=O)(Oc3ccccc3)Oc3ccccc3)(O1)C(C(=O)OC)=C2C(=O)OC. The van der Waals surface area contributed by atoms with Crippen LogP contribution in [0, 0.1) is 0 Å². The lowest BCUT2D eigenvalue weighted by Crippen LogP contribution is -2.36. The fourth-order valence-corrected chi connectivity index (χ4v) is 5.79. The summed E-state index contributed by atoms with van der Waals surface area (Å²) in [4.78, 5) is 26.0. The van der Waals surface area contributed by atoms with Gasteiger partial charge in [0.05, 0.1) is 19.8 Å². The van der Waals surface area contributed by atoms with Crippen LogP contribution in [-0.4, -0.2) is 37.5 Å². The molecule has 2 heterocycles. The molecule has 0 N–H and O–H groups in total. The smallest absolute Gasteiger partial charge is 0.466 e. The Labute approximate surface area is 215 Å². The first-order valence-corrected chi connectivity index (χ1v) is 13.4. The van der Waals surface area contributed by atoms with Gasteiger partial charge < -0.3 is 23.3 Å². The fraction of sp³-hybridized carbons (Fsp3) is 0.333. The minimum Gasteiger partial charge on any atom is -0.466 e. The molecule has 0 fully saturated rings. The maximum Gasteiger partial charge on any atom is 0.590 e. The fourth-order valence-electron chi connectivity index (χ4n) is 4.40.